The Morgan fingerprint density at radius 2 is 2.09 bits per heavy atom. The van der Waals surface area contributed by atoms with Gasteiger partial charge < -0.3 is 20.5 Å². The Morgan fingerprint density at radius 3 is 2.78 bits per heavy atom. The Labute approximate surface area is 191 Å². The number of fused-ring (bicyclic) bond motifs is 1. The summed E-state index contributed by atoms with van der Waals surface area (Å²) in [5.74, 6) is -0.214. The van der Waals surface area contributed by atoms with Crippen molar-refractivity contribution in [2.45, 2.75) is 71.6 Å². The molecule has 0 spiro atoms. The zero-order chi connectivity index (χ0) is 23.3. The molecule has 1 aromatic rings. The van der Waals surface area contributed by atoms with Crippen LogP contribution in [-0.4, -0.2) is 47.8 Å². The summed E-state index contributed by atoms with van der Waals surface area (Å²) in [4.78, 5) is 29.2. The van der Waals surface area contributed by atoms with Gasteiger partial charge in [-0.15, -0.1) is 0 Å². The van der Waals surface area contributed by atoms with Gasteiger partial charge in [0.1, 0.15) is 0 Å². The van der Waals surface area contributed by atoms with Gasteiger partial charge in [0, 0.05) is 44.4 Å². The Bertz CT molecular complexity index is 774. The number of carbonyl (C=O) groups excluding carboxylic acids is 2. The number of hydrogen-bond acceptors (Lipinski definition) is 5. The van der Waals surface area contributed by atoms with Crippen LogP contribution in [0.1, 0.15) is 58.4 Å². The first-order chi connectivity index (χ1) is 15.3. The van der Waals surface area contributed by atoms with E-state index >= 15 is 0 Å². The summed E-state index contributed by atoms with van der Waals surface area (Å²) in [7, 11) is 1.59. The molecule has 0 bridgehead atoms. The van der Waals surface area contributed by atoms with Crippen molar-refractivity contribution in [1.29, 1.82) is 0 Å². The lowest BCUT2D eigenvalue weighted by Crippen LogP contribution is -2.58. The van der Waals surface area contributed by atoms with Gasteiger partial charge in [-0.3, -0.25) is 14.6 Å². The monoisotopic (exact) mass is 445 g/mol. The standard InChI is InChI=1S/C25H39N3O4/c1-16(24(31)27-15-18-6-5-12-26-14-18)19-7-10-25(3)11-8-20(17(2)22(25)23(19)30)28-21(29)9-13-32-4/h5-6,12,14,16-17,19-20,22-23,30H,7-11,13,15H2,1-4H3,(H,27,31)(H,28,29)/t16-,17+,19+,20-,22+,23-,25-/m0/s1. The van der Waals surface area contributed by atoms with Crippen LogP contribution >= 0.6 is 0 Å². The number of nitrogens with one attached hydrogen (secondary N) is 2. The molecule has 7 atom stereocenters. The normalized spacial score (nSPS) is 33.1. The van der Waals surface area contributed by atoms with Gasteiger partial charge in [0.25, 0.3) is 0 Å². The molecule has 3 N–H and O–H groups in total. The van der Waals surface area contributed by atoms with Crippen molar-refractivity contribution in [1.82, 2.24) is 15.6 Å². The molecule has 1 heterocycles. The lowest BCUT2D eigenvalue weighted by molar-refractivity contribution is -0.144. The third kappa shape index (κ3) is 5.49. The molecule has 2 saturated carbocycles. The summed E-state index contributed by atoms with van der Waals surface area (Å²) in [5.41, 5.74) is 0.993. The van der Waals surface area contributed by atoms with Crippen molar-refractivity contribution in [3.63, 3.8) is 0 Å². The molecule has 3 rings (SSSR count). The molecule has 2 aliphatic rings. The number of aliphatic hydroxyl groups excluding tert-OH is 1. The number of carbonyl (C=O) groups is 2. The molecule has 7 heteroatoms. The second kappa shape index (κ2) is 10.8. The predicted octanol–water partition coefficient (Wildman–Crippen LogP) is 2.68. The lowest BCUT2D eigenvalue weighted by Gasteiger charge is -2.56. The van der Waals surface area contributed by atoms with E-state index in [0.717, 1.165) is 31.2 Å². The number of pyridine rings is 1. The van der Waals surface area contributed by atoms with E-state index in [9.17, 15) is 14.7 Å². The Morgan fingerprint density at radius 1 is 1.34 bits per heavy atom. The molecule has 2 amide bonds. The van der Waals surface area contributed by atoms with Crippen molar-refractivity contribution in [3.05, 3.63) is 30.1 Å². The van der Waals surface area contributed by atoms with Gasteiger partial charge in [-0.1, -0.05) is 26.8 Å². The molecule has 7 nitrogen and oxygen atoms in total. The van der Waals surface area contributed by atoms with Crippen LogP contribution in [0.4, 0.5) is 0 Å². The molecule has 0 saturated heterocycles. The molecule has 178 valence electrons. The molecule has 2 fully saturated rings. The van der Waals surface area contributed by atoms with Crippen LogP contribution in [0, 0.1) is 29.1 Å². The number of aliphatic hydroxyl groups is 1. The topological polar surface area (TPSA) is 101 Å². The second-order valence-corrected chi connectivity index (χ2v) is 10.1. The SMILES string of the molecule is COCCC(=O)N[C@H]1CC[C@]2(C)CC[C@H]([C@H](C)C(=O)NCc3cccnc3)[C@H](O)[C@H]2[C@@H]1C. The Hall–Kier alpha value is -1.99. The fourth-order valence-electron chi connectivity index (χ4n) is 6.02. The van der Waals surface area contributed by atoms with E-state index in [1.807, 2.05) is 19.1 Å². The van der Waals surface area contributed by atoms with Crippen LogP contribution in [0.5, 0.6) is 0 Å². The summed E-state index contributed by atoms with van der Waals surface area (Å²) in [5, 5.41) is 17.6. The molecular weight excluding hydrogens is 406 g/mol. The zero-order valence-electron chi connectivity index (χ0n) is 19.8. The molecule has 0 aromatic carbocycles. The first-order valence-corrected chi connectivity index (χ1v) is 11.9. The average molecular weight is 446 g/mol. The predicted molar refractivity (Wildman–Crippen MR) is 122 cm³/mol. The summed E-state index contributed by atoms with van der Waals surface area (Å²) >= 11 is 0. The molecule has 2 aliphatic carbocycles. The average Bonchev–Trinajstić information content (AvgIpc) is 2.78. The second-order valence-electron chi connectivity index (χ2n) is 10.1. The number of nitrogens with zero attached hydrogens (tertiary/aromatic N) is 1. The van der Waals surface area contributed by atoms with Gasteiger partial charge in [-0.25, -0.2) is 0 Å². The maximum absolute atomic E-state index is 12.9. The van der Waals surface area contributed by atoms with Crippen LogP contribution in [0.3, 0.4) is 0 Å². The maximum atomic E-state index is 12.9. The van der Waals surface area contributed by atoms with Crippen LogP contribution in [-0.2, 0) is 20.9 Å². The number of ether oxygens (including phenoxy) is 1. The smallest absolute Gasteiger partial charge is 0.223 e. The van der Waals surface area contributed by atoms with Gasteiger partial charge in [-0.2, -0.15) is 0 Å². The van der Waals surface area contributed by atoms with Gasteiger partial charge >= 0.3 is 0 Å². The molecular formula is C25H39N3O4. The first kappa shape index (κ1) is 24.6. The minimum atomic E-state index is -0.568. The highest BCUT2D eigenvalue weighted by Gasteiger charge is 2.53. The molecule has 0 radical (unpaired) electrons. The lowest BCUT2D eigenvalue weighted by atomic mass is 9.51. The highest BCUT2D eigenvalue weighted by molar-refractivity contribution is 5.78. The third-order valence-electron chi connectivity index (χ3n) is 8.01. The van der Waals surface area contributed by atoms with Gasteiger partial charge in [0.2, 0.25) is 11.8 Å². The van der Waals surface area contributed by atoms with E-state index in [4.69, 9.17) is 4.74 Å². The molecule has 0 aliphatic heterocycles. The third-order valence-corrected chi connectivity index (χ3v) is 8.01. The minimum Gasteiger partial charge on any atom is -0.392 e. The van der Waals surface area contributed by atoms with Crippen molar-refractivity contribution in [2.75, 3.05) is 13.7 Å². The Balaban J connectivity index is 1.64. The van der Waals surface area contributed by atoms with Crippen LogP contribution < -0.4 is 10.6 Å². The number of methoxy groups -OCH3 is 1. The largest absolute Gasteiger partial charge is 0.392 e. The van der Waals surface area contributed by atoms with Crippen molar-refractivity contribution in [2.24, 2.45) is 29.1 Å². The maximum Gasteiger partial charge on any atom is 0.223 e. The quantitative estimate of drug-likeness (QED) is 0.571. The van der Waals surface area contributed by atoms with E-state index in [2.05, 4.69) is 29.5 Å². The van der Waals surface area contributed by atoms with Crippen molar-refractivity contribution >= 4 is 11.8 Å². The van der Waals surface area contributed by atoms with E-state index in [1.54, 1.807) is 19.5 Å². The van der Waals surface area contributed by atoms with E-state index in [-0.39, 0.29) is 46.9 Å². The van der Waals surface area contributed by atoms with Crippen molar-refractivity contribution in [3.8, 4) is 0 Å². The van der Waals surface area contributed by atoms with Crippen LogP contribution in [0.2, 0.25) is 0 Å². The summed E-state index contributed by atoms with van der Waals surface area (Å²) in [6.45, 7) is 7.18. The Kier molecular flexibility index (Phi) is 8.28. The van der Waals surface area contributed by atoms with Gasteiger partial charge in [0.05, 0.1) is 12.7 Å². The van der Waals surface area contributed by atoms with E-state index in [0.29, 0.717) is 19.6 Å². The first-order valence-electron chi connectivity index (χ1n) is 11.9. The summed E-state index contributed by atoms with van der Waals surface area (Å²) in [6.07, 6.45) is 6.97. The van der Waals surface area contributed by atoms with E-state index in [1.165, 1.54) is 0 Å². The summed E-state index contributed by atoms with van der Waals surface area (Å²) < 4.78 is 5.02. The van der Waals surface area contributed by atoms with Gasteiger partial charge in [-0.05, 0) is 60.5 Å². The number of rotatable bonds is 8. The fraction of sp³-hybridized carbons (Fsp3) is 0.720. The molecule has 32 heavy (non-hydrogen) atoms. The number of amides is 2. The molecule has 1 aromatic heterocycles. The minimum absolute atomic E-state index is 0.00250. The van der Waals surface area contributed by atoms with Crippen molar-refractivity contribution < 1.29 is 19.4 Å². The van der Waals surface area contributed by atoms with E-state index < -0.39 is 6.10 Å². The zero-order valence-corrected chi connectivity index (χ0v) is 19.8. The van der Waals surface area contributed by atoms with Crippen LogP contribution in [0.15, 0.2) is 24.5 Å². The molecule has 0 unspecified atom stereocenters. The van der Waals surface area contributed by atoms with Crippen LogP contribution in [0.25, 0.3) is 0 Å². The fourth-order valence-corrected chi connectivity index (χ4v) is 6.02. The van der Waals surface area contributed by atoms with Gasteiger partial charge in [0.15, 0.2) is 0 Å². The highest BCUT2D eigenvalue weighted by atomic mass is 16.5. The number of aromatic nitrogens is 1. The number of hydrogen-bond donors (Lipinski definition) is 3. The highest BCUT2D eigenvalue weighted by Crippen LogP contribution is 2.55. The summed E-state index contributed by atoms with van der Waals surface area (Å²) in [6, 6.07) is 3.83.